The monoisotopic (exact) mass is 281 g/mol. The highest BCUT2D eigenvalue weighted by molar-refractivity contribution is 5.48. The summed E-state index contributed by atoms with van der Waals surface area (Å²) in [6, 6.07) is 11.9. The van der Waals surface area contributed by atoms with Crippen molar-refractivity contribution >= 4 is 0 Å². The summed E-state index contributed by atoms with van der Waals surface area (Å²) >= 11 is 0. The lowest BCUT2D eigenvalue weighted by atomic mass is 10.0. The van der Waals surface area contributed by atoms with E-state index in [9.17, 15) is 0 Å². The molecule has 0 amide bonds. The minimum atomic E-state index is 0.420. The highest BCUT2D eigenvalue weighted by Crippen LogP contribution is 2.32. The molecule has 2 aromatic rings. The van der Waals surface area contributed by atoms with Gasteiger partial charge in [0.2, 0.25) is 0 Å². The molecule has 0 aliphatic rings. The summed E-state index contributed by atoms with van der Waals surface area (Å²) in [5, 5.41) is 8.79. The van der Waals surface area contributed by atoms with Gasteiger partial charge >= 0.3 is 0 Å². The van der Waals surface area contributed by atoms with Crippen LogP contribution in [0.4, 0.5) is 0 Å². The Morgan fingerprint density at radius 2 is 1.67 bits per heavy atom. The Balaban J connectivity index is 2.31. The van der Waals surface area contributed by atoms with Crippen LogP contribution in [0, 0.1) is 32.1 Å². The second-order valence-corrected chi connectivity index (χ2v) is 5.13. The van der Waals surface area contributed by atoms with Crippen LogP contribution in [0.15, 0.2) is 30.3 Å². The lowest BCUT2D eigenvalue weighted by molar-refractivity contribution is 0.409. The molecule has 0 heterocycles. The first-order chi connectivity index (χ1) is 10.0. The van der Waals surface area contributed by atoms with Crippen LogP contribution in [0.1, 0.15) is 22.3 Å². The highest BCUT2D eigenvalue weighted by atomic mass is 16.5. The molecular formula is C18H19NO2. The molecule has 0 aliphatic heterocycles. The molecular weight excluding hydrogens is 262 g/mol. The number of benzene rings is 2. The van der Waals surface area contributed by atoms with Crippen molar-refractivity contribution in [3.8, 4) is 23.3 Å². The molecule has 0 aromatic heterocycles. The number of aryl methyl sites for hydroxylation is 3. The van der Waals surface area contributed by atoms with Gasteiger partial charge in [0, 0.05) is 0 Å². The predicted octanol–water partition coefficient (Wildman–Crippen LogP) is 4.48. The van der Waals surface area contributed by atoms with Crippen molar-refractivity contribution in [2.75, 3.05) is 7.11 Å². The lowest BCUT2D eigenvalue weighted by Gasteiger charge is -2.14. The third-order valence-corrected chi connectivity index (χ3v) is 3.39. The third kappa shape index (κ3) is 3.35. The molecule has 3 nitrogen and oxygen atoms in total. The van der Waals surface area contributed by atoms with Gasteiger partial charge in [0.05, 0.1) is 19.6 Å². The van der Waals surface area contributed by atoms with Crippen LogP contribution in [0.25, 0.3) is 0 Å². The number of nitriles is 1. The summed E-state index contributed by atoms with van der Waals surface area (Å²) in [5.41, 5.74) is 4.12. The Kier molecular flexibility index (Phi) is 4.49. The zero-order valence-electron chi connectivity index (χ0n) is 12.9. The Morgan fingerprint density at radius 1 is 1.00 bits per heavy atom. The topological polar surface area (TPSA) is 42.2 Å². The molecule has 108 valence electrons. The van der Waals surface area contributed by atoms with E-state index in [1.807, 2.05) is 51.1 Å². The van der Waals surface area contributed by atoms with E-state index < -0.39 is 0 Å². The van der Waals surface area contributed by atoms with Gasteiger partial charge in [-0.05, 0) is 61.2 Å². The first-order valence-electron chi connectivity index (χ1n) is 6.84. The molecule has 0 spiro atoms. The predicted molar refractivity (Wildman–Crippen MR) is 83.0 cm³/mol. The van der Waals surface area contributed by atoms with Crippen molar-refractivity contribution in [2.45, 2.75) is 27.2 Å². The molecule has 2 rings (SSSR count). The molecule has 0 atom stereocenters. The smallest absolute Gasteiger partial charge is 0.133 e. The fraction of sp³-hybridized carbons (Fsp3) is 0.278. The zero-order chi connectivity index (χ0) is 15.4. The fourth-order valence-electron chi connectivity index (χ4n) is 2.43. The van der Waals surface area contributed by atoms with Crippen LogP contribution in [0.3, 0.4) is 0 Å². The summed E-state index contributed by atoms with van der Waals surface area (Å²) in [7, 11) is 1.66. The van der Waals surface area contributed by atoms with Crippen LogP contribution in [0.2, 0.25) is 0 Å². The average Bonchev–Trinajstić information content (AvgIpc) is 2.43. The van der Waals surface area contributed by atoms with Gasteiger partial charge in [-0.15, -0.1) is 0 Å². The van der Waals surface area contributed by atoms with Gasteiger partial charge in [-0.2, -0.15) is 5.26 Å². The number of hydrogen-bond donors (Lipinski definition) is 0. The molecule has 21 heavy (non-hydrogen) atoms. The Morgan fingerprint density at radius 3 is 2.19 bits per heavy atom. The van der Waals surface area contributed by atoms with E-state index in [0.717, 1.165) is 39.5 Å². The normalized spacial score (nSPS) is 10.0. The number of ether oxygens (including phenoxy) is 2. The molecule has 0 N–H and O–H groups in total. The summed E-state index contributed by atoms with van der Waals surface area (Å²) in [4.78, 5) is 0. The van der Waals surface area contributed by atoms with Crippen LogP contribution >= 0.6 is 0 Å². The van der Waals surface area contributed by atoms with Gasteiger partial charge < -0.3 is 9.47 Å². The Hall–Kier alpha value is -2.47. The van der Waals surface area contributed by atoms with Crippen molar-refractivity contribution in [3.05, 3.63) is 52.6 Å². The van der Waals surface area contributed by atoms with Crippen LogP contribution in [-0.2, 0) is 6.42 Å². The molecule has 3 heteroatoms. The van der Waals surface area contributed by atoms with Gasteiger partial charge in [-0.25, -0.2) is 0 Å². The van der Waals surface area contributed by atoms with Crippen molar-refractivity contribution in [3.63, 3.8) is 0 Å². The van der Waals surface area contributed by atoms with E-state index in [-0.39, 0.29) is 0 Å². The largest absolute Gasteiger partial charge is 0.496 e. The van der Waals surface area contributed by atoms with E-state index in [0.29, 0.717) is 6.42 Å². The summed E-state index contributed by atoms with van der Waals surface area (Å²) in [6.45, 7) is 5.99. The second kappa shape index (κ2) is 6.32. The van der Waals surface area contributed by atoms with Crippen molar-refractivity contribution in [1.82, 2.24) is 0 Å². The minimum absolute atomic E-state index is 0.420. The molecule has 0 unspecified atom stereocenters. The third-order valence-electron chi connectivity index (χ3n) is 3.39. The summed E-state index contributed by atoms with van der Waals surface area (Å²) < 4.78 is 11.3. The molecule has 0 radical (unpaired) electrons. The van der Waals surface area contributed by atoms with Crippen molar-refractivity contribution in [2.24, 2.45) is 0 Å². The van der Waals surface area contributed by atoms with Crippen LogP contribution in [0.5, 0.6) is 17.2 Å². The van der Waals surface area contributed by atoms with E-state index in [2.05, 4.69) is 6.07 Å². The number of nitrogens with zero attached hydrogens (tertiary/aromatic N) is 1. The molecule has 0 fully saturated rings. The number of methoxy groups -OCH3 is 1. The SMILES string of the molecule is COc1ccc(Oc2c(C)cc(CC#N)cc2C)cc1C. The summed E-state index contributed by atoms with van der Waals surface area (Å²) in [6.07, 6.45) is 0.420. The van der Waals surface area contributed by atoms with E-state index in [1.165, 1.54) is 0 Å². The second-order valence-electron chi connectivity index (χ2n) is 5.13. The maximum atomic E-state index is 8.79. The highest BCUT2D eigenvalue weighted by Gasteiger charge is 2.09. The van der Waals surface area contributed by atoms with Gasteiger partial charge in [0.15, 0.2) is 0 Å². The van der Waals surface area contributed by atoms with Crippen LogP contribution < -0.4 is 9.47 Å². The quantitative estimate of drug-likeness (QED) is 0.829. The van der Waals surface area contributed by atoms with Crippen molar-refractivity contribution < 1.29 is 9.47 Å². The van der Waals surface area contributed by atoms with E-state index in [4.69, 9.17) is 14.7 Å². The molecule has 0 saturated heterocycles. The fourth-order valence-corrected chi connectivity index (χ4v) is 2.43. The first kappa shape index (κ1) is 14.9. The zero-order valence-corrected chi connectivity index (χ0v) is 12.9. The number of hydrogen-bond acceptors (Lipinski definition) is 3. The molecule has 0 saturated carbocycles. The minimum Gasteiger partial charge on any atom is -0.496 e. The van der Waals surface area contributed by atoms with Gasteiger partial charge in [-0.1, -0.05) is 12.1 Å². The van der Waals surface area contributed by atoms with Crippen LogP contribution in [-0.4, -0.2) is 7.11 Å². The summed E-state index contributed by atoms with van der Waals surface area (Å²) in [5.74, 6) is 2.48. The molecule has 0 bridgehead atoms. The maximum Gasteiger partial charge on any atom is 0.133 e. The Bertz CT molecular complexity index is 676. The molecule has 2 aromatic carbocycles. The van der Waals surface area contributed by atoms with Gasteiger partial charge in [0.1, 0.15) is 17.2 Å². The van der Waals surface area contributed by atoms with Crippen molar-refractivity contribution in [1.29, 1.82) is 5.26 Å². The standard InChI is InChI=1S/C18H19NO2/c1-12-11-16(5-6-17(12)20-4)21-18-13(2)9-15(7-8-19)10-14(18)3/h5-6,9-11H,7H2,1-4H3. The van der Waals surface area contributed by atoms with E-state index >= 15 is 0 Å². The lowest BCUT2D eigenvalue weighted by Crippen LogP contribution is -1.95. The molecule has 0 aliphatic carbocycles. The number of rotatable bonds is 4. The average molecular weight is 281 g/mol. The maximum absolute atomic E-state index is 8.79. The van der Waals surface area contributed by atoms with Gasteiger partial charge in [-0.3, -0.25) is 0 Å². The first-order valence-corrected chi connectivity index (χ1v) is 6.84. The van der Waals surface area contributed by atoms with E-state index in [1.54, 1.807) is 7.11 Å². The Labute approximate surface area is 125 Å². The van der Waals surface area contributed by atoms with Gasteiger partial charge in [0.25, 0.3) is 0 Å².